The molecule has 1 aromatic heterocycles. The van der Waals surface area contributed by atoms with Gasteiger partial charge in [0.05, 0.1) is 11.5 Å². The maximum atomic E-state index is 12.1. The second kappa shape index (κ2) is 8.41. The summed E-state index contributed by atoms with van der Waals surface area (Å²) in [6.45, 7) is 6.56. The van der Waals surface area contributed by atoms with Crippen molar-refractivity contribution in [2.45, 2.75) is 46.6 Å². The van der Waals surface area contributed by atoms with Crippen LogP contribution in [0.4, 0.5) is 5.69 Å². The Labute approximate surface area is 147 Å². The van der Waals surface area contributed by atoms with E-state index < -0.39 is 4.92 Å². The van der Waals surface area contributed by atoms with Gasteiger partial charge in [0, 0.05) is 12.1 Å². The topological polar surface area (TPSA) is 90.1 Å². The van der Waals surface area contributed by atoms with E-state index in [-0.39, 0.29) is 11.6 Å². The van der Waals surface area contributed by atoms with Crippen LogP contribution in [-0.2, 0) is 6.54 Å². The average molecular weight is 344 g/mol. The molecule has 1 N–H and O–H groups in total. The molecule has 0 atom stereocenters. The molecule has 134 valence electrons. The molecule has 0 bridgehead atoms. The molecule has 0 aliphatic rings. The number of rotatable bonds is 8. The second-order valence-corrected chi connectivity index (χ2v) is 6.09. The van der Waals surface area contributed by atoms with Gasteiger partial charge in [-0.2, -0.15) is 5.10 Å². The highest BCUT2D eigenvalue weighted by atomic mass is 16.6. The lowest BCUT2D eigenvalue weighted by molar-refractivity contribution is -0.386. The Kier molecular flexibility index (Phi) is 6.27. The molecule has 0 aliphatic carbocycles. The summed E-state index contributed by atoms with van der Waals surface area (Å²) >= 11 is 0. The minimum Gasteiger partial charge on any atom is -0.352 e. The first-order chi connectivity index (χ1) is 11.9. The van der Waals surface area contributed by atoms with Crippen molar-refractivity contribution in [3.05, 3.63) is 56.9 Å². The van der Waals surface area contributed by atoms with Gasteiger partial charge in [-0.1, -0.05) is 31.9 Å². The zero-order chi connectivity index (χ0) is 18.4. The number of hydrogen-bond donors (Lipinski definition) is 1. The molecule has 1 aromatic carbocycles. The van der Waals surface area contributed by atoms with E-state index in [1.807, 2.05) is 12.1 Å². The number of carbonyl (C=O) groups is 1. The van der Waals surface area contributed by atoms with Crippen LogP contribution in [0.1, 0.15) is 53.5 Å². The lowest BCUT2D eigenvalue weighted by atomic mass is 10.1. The van der Waals surface area contributed by atoms with Crippen LogP contribution in [0.3, 0.4) is 0 Å². The van der Waals surface area contributed by atoms with Crippen molar-refractivity contribution in [3.63, 3.8) is 0 Å². The van der Waals surface area contributed by atoms with Crippen molar-refractivity contribution in [2.24, 2.45) is 0 Å². The second-order valence-electron chi connectivity index (χ2n) is 6.09. The van der Waals surface area contributed by atoms with Crippen LogP contribution in [0, 0.1) is 24.0 Å². The molecule has 0 saturated carbocycles. The zero-order valence-corrected chi connectivity index (χ0v) is 14.9. The molecule has 0 spiro atoms. The third-order valence-electron chi connectivity index (χ3n) is 4.14. The molecule has 0 unspecified atom stereocenters. The lowest BCUT2D eigenvalue weighted by Crippen LogP contribution is -2.24. The fraction of sp³-hybridized carbons (Fsp3) is 0.444. The van der Waals surface area contributed by atoms with Crippen LogP contribution >= 0.6 is 0 Å². The van der Waals surface area contributed by atoms with E-state index in [9.17, 15) is 14.9 Å². The number of aromatic nitrogens is 2. The van der Waals surface area contributed by atoms with Gasteiger partial charge in [-0.3, -0.25) is 19.6 Å². The Morgan fingerprint density at radius 3 is 2.48 bits per heavy atom. The number of benzene rings is 1. The van der Waals surface area contributed by atoms with Gasteiger partial charge in [0.25, 0.3) is 5.91 Å². The number of nitro groups is 1. The summed E-state index contributed by atoms with van der Waals surface area (Å²) in [4.78, 5) is 22.7. The van der Waals surface area contributed by atoms with E-state index in [0.29, 0.717) is 30.0 Å². The molecule has 0 fully saturated rings. The summed E-state index contributed by atoms with van der Waals surface area (Å²) in [5, 5.41) is 18.2. The largest absolute Gasteiger partial charge is 0.352 e. The number of amides is 1. The maximum absolute atomic E-state index is 12.1. The van der Waals surface area contributed by atoms with Crippen molar-refractivity contribution < 1.29 is 9.72 Å². The van der Waals surface area contributed by atoms with Crippen molar-refractivity contribution in [2.75, 3.05) is 6.54 Å². The molecule has 2 aromatic rings. The number of carbonyl (C=O) groups excluding carboxylic acids is 1. The molecule has 0 saturated heterocycles. The minimum atomic E-state index is -0.403. The first kappa shape index (κ1) is 18.6. The van der Waals surface area contributed by atoms with E-state index in [4.69, 9.17) is 0 Å². The monoisotopic (exact) mass is 344 g/mol. The van der Waals surface area contributed by atoms with Crippen LogP contribution in [0.2, 0.25) is 0 Å². The molecule has 2 rings (SSSR count). The lowest BCUT2D eigenvalue weighted by Gasteiger charge is -2.07. The minimum absolute atomic E-state index is 0.0584. The zero-order valence-electron chi connectivity index (χ0n) is 14.9. The van der Waals surface area contributed by atoms with Gasteiger partial charge in [-0.05, 0) is 38.0 Å². The van der Waals surface area contributed by atoms with Gasteiger partial charge in [-0.15, -0.1) is 0 Å². The van der Waals surface area contributed by atoms with Crippen molar-refractivity contribution in [1.82, 2.24) is 15.1 Å². The smallest absolute Gasteiger partial charge is 0.312 e. The standard InChI is InChI=1S/C18H24N4O3/c1-4-5-6-11-19-18(23)16-9-7-15(8-10-16)12-21-14(3)17(22(24)25)13(2)20-21/h7-10H,4-6,11-12H2,1-3H3,(H,19,23). The van der Waals surface area contributed by atoms with Crippen LogP contribution in [-0.4, -0.2) is 27.2 Å². The normalized spacial score (nSPS) is 10.7. The van der Waals surface area contributed by atoms with E-state index >= 15 is 0 Å². The molecule has 7 nitrogen and oxygen atoms in total. The highest BCUT2D eigenvalue weighted by molar-refractivity contribution is 5.94. The van der Waals surface area contributed by atoms with Crippen molar-refractivity contribution in [3.8, 4) is 0 Å². The van der Waals surface area contributed by atoms with Gasteiger partial charge >= 0.3 is 5.69 Å². The van der Waals surface area contributed by atoms with Crippen molar-refractivity contribution >= 4 is 11.6 Å². The average Bonchev–Trinajstić information content (AvgIpc) is 2.86. The van der Waals surface area contributed by atoms with E-state index in [2.05, 4.69) is 17.3 Å². The van der Waals surface area contributed by atoms with E-state index in [1.54, 1.807) is 30.7 Å². The number of hydrogen-bond acceptors (Lipinski definition) is 4. The predicted molar refractivity (Wildman–Crippen MR) is 95.8 cm³/mol. The number of nitrogens with zero attached hydrogens (tertiary/aromatic N) is 3. The Morgan fingerprint density at radius 2 is 1.92 bits per heavy atom. The predicted octanol–water partition coefficient (Wildman–Crippen LogP) is 3.38. The Bertz CT molecular complexity index is 750. The van der Waals surface area contributed by atoms with Crippen molar-refractivity contribution in [1.29, 1.82) is 0 Å². The fourth-order valence-electron chi connectivity index (χ4n) is 2.72. The van der Waals surface area contributed by atoms with Gasteiger partial charge < -0.3 is 5.32 Å². The van der Waals surface area contributed by atoms with Gasteiger partial charge in [0.1, 0.15) is 11.4 Å². The highest BCUT2D eigenvalue weighted by Crippen LogP contribution is 2.22. The Balaban J connectivity index is 2.02. The third kappa shape index (κ3) is 4.65. The van der Waals surface area contributed by atoms with Gasteiger partial charge in [0.2, 0.25) is 0 Å². The molecule has 25 heavy (non-hydrogen) atoms. The van der Waals surface area contributed by atoms with Crippen LogP contribution in [0.5, 0.6) is 0 Å². The van der Waals surface area contributed by atoms with Gasteiger partial charge in [-0.25, -0.2) is 0 Å². The maximum Gasteiger partial charge on any atom is 0.312 e. The molecule has 0 aliphatic heterocycles. The fourth-order valence-corrected chi connectivity index (χ4v) is 2.72. The SMILES string of the molecule is CCCCCNC(=O)c1ccc(Cn2nc(C)c([N+](=O)[O-])c2C)cc1. The summed E-state index contributed by atoms with van der Waals surface area (Å²) < 4.78 is 1.62. The van der Waals surface area contributed by atoms with E-state index in [0.717, 1.165) is 24.8 Å². The number of nitrogens with one attached hydrogen (secondary N) is 1. The summed E-state index contributed by atoms with van der Waals surface area (Å²) in [6, 6.07) is 7.24. The number of unbranched alkanes of at least 4 members (excludes halogenated alkanes) is 2. The number of aryl methyl sites for hydroxylation is 1. The molecular weight excluding hydrogens is 320 g/mol. The van der Waals surface area contributed by atoms with E-state index in [1.165, 1.54) is 0 Å². The summed E-state index contributed by atoms with van der Waals surface area (Å²) in [5.74, 6) is -0.0793. The third-order valence-corrected chi connectivity index (χ3v) is 4.14. The Morgan fingerprint density at radius 1 is 1.24 bits per heavy atom. The molecule has 1 amide bonds. The Hall–Kier alpha value is -2.70. The van der Waals surface area contributed by atoms with Gasteiger partial charge in [0.15, 0.2) is 0 Å². The molecule has 7 heteroatoms. The highest BCUT2D eigenvalue weighted by Gasteiger charge is 2.21. The van der Waals surface area contributed by atoms with Crippen LogP contribution in [0.15, 0.2) is 24.3 Å². The molecular formula is C18H24N4O3. The first-order valence-corrected chi connectivity index (χ1v) is 8.49. The van der Waals surface area contributed by atoms with Crippen LogP contribution in [0.25, 0.3) is 0 Å². The van der Waals surface area contributed by atoms with Crippen LogP contribution < -0.4 is 5.32 Å². The molecule has 0 radical (unpaired) electrons. The summed E-state index contributed by atoms with van der Waals surface area (Å²) in [7, 11) is 0. The molecule has 1 heterocycles. The summed E-state index contributed by atoms with van der Waals surface area (Å²) in [6.07, 6.45) is 3.21. The quantitative estimate of drug-likeness (QED) is 0.451. The first-order valence-electron chi connectivity index (χ1n) is 8.49. The summed E-state index contributed by atoms with van der Waals surface area (Å²) in [5.41, 5.74) is 2.54.